The molecule has 2 aromatic rings. The van der Waals surface area contributed by atoms with Gasteiger partial charge in [-0.1, -0.05) is 30.3 Å². The smallest absolute Gasteiger partial charge is 0.350 e. The number of hydrogen-bond donors (Lipinski definition) is 0. The van der Waals surface area contributed by atoms with Gasteiger partial charge in [0.05, 0.1) is 6.54 Å². The van der Waals surface area contributed by atoms with E-state index >= 15 is 0 Å². The zero-order valence-electron chi connectivity index (χ0n) is 18.2. The van der Waals surface area contributed by atoms with E-state index in [0.717, 1.165) is 29.3 Å². The quantitative estimate of drug-likeness (QED) is 0.401. The van der Waals surface area contributed by atoms with Crippen LogP contribution < -0.4 is 11.2 Å². The van der Waals surface area contributed by atoms with Crippen LogP contribution in [0.25, 0.3) is 0 Å². The van der Waals surface area contributed by atoms with Crippen LogP contribution in [-0.4, -0.2) is 57.2 Å². The number of ether oxygens (including phenoxy) is 4. The van der Waals surface area contributed by atoms with Gasteiger partial charge in [-0.15, -0.1) is 0 Å². The minimum atomic E-state index is -1.35. The molecule has 33 heavy (non-hydrogen) atoms. The van der Waals surface area contributed by atoms with E-state index in [1.54, 1.807) is 30.3 Å². The first-order valence-electron chi connectivity index (χ1n) is 10.0. The van der Waals surface area contributed by atoms with Gasteiger partial charge in [-0.05, 0) is 5.56 Å². The number of nitrogens with zero attached hydrogens (tertiary/aromatic N) is 3. The lowest BCUT2D eigenvalue weighted by atomic mass is 10.1. The lowest BCUT2D eigenvalue weighted by molar-refractivity contribution is -0.166. The van der Waals surface area contributed by atoms with E-state index in [4.69, 9.17) is 18.9 Å². The van der Waals surface area contributed by atoms with Crippen molar-refractivity contribution >= 4 is 17.9 Å². The molecule has 1 aromatic carbocycles. The number of benzene rings is 1. The third-order valence-corrected chi connectivity index (χ3v) is 4.75. The van der Waals surface area contributed by atoms with Gasteiger partial charge in [0.15, 0.2) is 18.4 Å². The average molecular weight is 461 g/mol. The van der Waals surface area contributed by atoms with Gasteiger partial charge in [-0.2, -0.15) is 9.78 Å². The summed E-state index contributed by atoms with van der Waals surface area (Å²) < 4.78 is 23.1. The fraction of sp³-hybridized carbons (Fsp3) is 0.429. The van der Waals surface area contributed by atoms with Crippen molar-refractivity contribution in [3.63, 3.8) is 0 Å². The van der Waals surface area contributed by atoms with Crippen molar-refractivity contribution in [2.45, 2.75) is 51.9 Å². The third-order valence-electron chi connectivity index (χ3n) is 4.75. The maximum absolute atomic E-state index is 13.2. The van der Waals surface area contributed by atoms with Crippen molar-refractivity contribution in [2.24, 2.45) is 0 Å². The van der Waals surface area contributed by atoms with Crippen LogP contribution >= 0.6 is 0 Å². The summed E-state index contributed by atoms with van der Waals surface area (Å²) in [5, 5.41) is 3.87. The lowest BCUT2D eigenvalue weighted by Gasteiger charge is -2.23. The van der Waals surface area contributed by atoms with E-state index < -0.39 is 53.7 Å². The van der Waals surface area contributed by atoms with E-state index in [9.17, 15) is 24.0 Å². The molecule has 12 heteroatoms. The van der Waals surface area contributed by atoms with Crippen LogP contribution in [0.1, 0.15) is 32.6 Å². The van der Waals surface area contributed by atoms with Gasteiger partial charge in [-0.25, -0.2) is 4.79 Å². The van der Waals surface area contributed by atoms with Gasteiger partial charge in [0.1, 0.15) is 18.9 Å². The van der Waals surface area contributed by atoms with Crippen molar-refractivity contribution in [2.75, 3.05) is 6.61 Å². The van der Waals surface area contributed by atoms with Crippen molar-refractivity contribution in [1.82, 2.24) is 14.3 Å². The van der Waals surface area contributed by atoms with Crippen molar-refractivity contribution in [1.29, 1.82) is 0 Å². The Kier molecular flexibility index (Phi) is 7.38. The molecule has 1 aromatic heterocycles. The van der Waals surface area contributed by atoms with Gasteiger partial charge in [-0.3, -0.25) is 23.7 Å². The molecule has 0 aliphatic carbocycles. The monoisotopic (exact) mass is 461 g/mol. The maximum atomic E-state index is 13.2. The molecule has 1 fully saturated rings. The fourth-order valence-electron chi connectivity index (χ4n) is 3.42. The summed E-state index contributed by atoms with van der Waals surface area (Å²) >= 11 is 0. The highest BCUT2D eigenvalue weighted by Gasteiger charge is 2.51. The average Bonchev–Trinajstić information content (AvgIpc) is 3.06. The van der Waals surface area contributed by atoms with Crippen LogP contribution in [-0.2, 0) is 39.9 Å². The third kappa shape index (κ3) is 5.71. The van der Waals surface area contributed by atoms with E-state index in [-0.39, 0.29) is 13.2 Å². The number of carbonyl (C=O) groups is 3. The van der Waals surface area contributed by atoms with Crippen LogP contribution in [0, 0.1) is 0 Å². The molecule has 4 atom stereocenters. The first-order valence-corrected chi connectivity index (χ1v) is 10.0. The Hall–Kier alpha value is -3.80. The molecule has 1 unspecified atom stereocenters. The standard InChI is InChI=1S/C21H23N3O9/c1-12(25)30-11-16-18(31-13(2)26)19(32-14(3)27)20(33-16)24-21(29)23(17(28)9-22-24)10-15-7-5-4-6-8-15/h4-9,16,18-20H,10-11H2,1-3H3/t16-,18-,19-,20?/m0/s1. The molecule has 0 radical (unpaired) electrons. The molecule has 3 rings (SSSR count). The number of aromatic nitrogens is 3. The maximum Gasteiger partial charge on any atom is 0.350 e. The van der Waals surface area contributed by atoms with Crippen LogP contribution in [0.3, 0.4) is 0 Å². The molecule has 1 aliphatic rings. The molecule has 0 saturated carbocycles. The Morgan fingerprint density at radius 3 is 2.21 bits per heavy atom. The molecule has 176 valence electrons. The largest absolute Gasteiger partial charge is 0.463 e. The molecule has 1 saturated heterocycles. The first-order chi connectivity index (χ1) is 15.7. The topological polar surface area (TPSA) is 145 Å². The number of carbonyl (C=O) groups excluding carboxylic acids is 3. The van der Waals surface area contributed by atoms with E-state index in [0.29, 0.717) is 5.56 Å². The summed E-state index contributed by atoms with van der Waals surface area (Å²) in [6.07, 6.45) is -3.97. The Bertz CT molecular complexity index is 1140. The van der Waals surface area contributed by atoms with Crippen LogP contribution in [0.2, 0.25) is 0 Å². The zero-order valence-corrected chi connectivity index (χ0v) is 18.2. The molecular weight excluding hydrogens is 438 g/mol. The summed E-state index contributed by atoms with van der Waals surface area (Å²) in [6.45, 7) is 3.10. The lowest BCUT2D eigenvalue weighted by Crippen LogP contribution is -2.46. The molecule has 0 amide bonds. The second kappa shape index (κ2) is 10.2. The zero-order chi connectivity index (χ0) is 24.1. The van der Waals surface area contributed by atoms with Gasteiger partial charge < -0.3 is 18.9 Å². The van der Waals surface area contributed by atoms with Crippen LogP contribution in [0.4, 0.5) is 0 Å². The van der Waals surface area contributed by atoms with Gasteiger partial charge in [0, 0.05) is 20.8 Å². The van der Waals surface area contributed by atoms with Crippen LogP contribution in [0.5, 0.6) is 0 Å². The van der Waals surface area contributed by atoms with Crippen molar-refractivity contribution in [3.8, 4) is 0 Å². The summed E-state index contributed by atoms with van der Waals surface area (Å²) in [5.74, 6) is -2.05. The van der Waals surface area contributed by atoms with E-state index in [2.05, 4.69) is 5.10 Å². The Morgan fingerprint density at radius 1 is 0.970 bits per heavy atom. The van der Waals surface area contributed by atoms with E-state index in [1.165, 1.54) is 6.92 Å². The number of esters is 3. The predicted octanol–water partition coefficient (Wildman–Crippen LogP) is -0.223. The minimum absolute atomic E-state index is 0.0315. The normalized spacial score (nSPS) is 21.9. The summed E-state index contributed by atoms with van der Waals surface area (Å²) in [6, 6.07) is 8.82. The van der Waals surface area contributed by atoms with Gasteiger partial charge >= 0.3 is 23.6 Å². The van der Waals surface area contributed by atoms with Gasteiger partial charge in [0.2, 0.25) is 0 Å². The minimum Gasteiger partial charge on any atom is -0.463 e. The van der Waals surface area contributed by atoms with Crippen LogP contribution in [0.15, 0.2) is 46.1 Å². The molecule has 1 aliphatic heterocycles. The Labute approximate surface area is 187 Å². The highest BCUT2D eigenvalue weighted by Crippen LogP contribution is 2.33. The predicted molar refractivity (Wildman–Crippen MR) is 110 cm³/mol. The summed E-state index contributed by atoms with van der Waals surface area (Å²) in [7, 11) is 0. The second-order valence-corrected chi connectivity index (χ2v) is 7.30. The van der Waals surface area contributed by atoms with Crippen molar-refractivity contribution in [3.05, 3.63) is 62.9 Å². The fourth-order valence-corrected chi connectivity index (χ4v) is 3.42. The first kappa shape index (κ1) is 23.9. The SMILES string of the molecule is CC(=O)OC[C@@H]1OC(n2ncc(=O)n(Cc3ccccc3)c2=O)[C@@H](OC(C)=O)[C@H]1OC(C)=O. The van der Waals surface area contributed by atoms with E-state index in [1.807, 2.05) is 0 Å². The second-order valence-electron chi connectivity index (χ2n) is 7.30. The Morgan fingerprint density at radius 2 is 1.61 bits per heavy atom. The Balaban J connectivity index is 2.02. The highest BCUT2D eigenvalue weighted by molar-refractivity contribution is 5.68. The summed E-state index contributed by atoms with van der Waals surface area (Å²) in [5.41, 5.74) is -0.776. The number of hydrogen-bond acceptors (Lipinski definition) is 10. The molecule has 2 heterocycles. The molecule has 12 nitrogen and oxygen atoms in total. The molecule has 0 spiro atoms. The highest BCUT2D eigenvalue weighted by atomic mass is 16.7. The van der Waals surface area contributed by atoms with Gasteiger partial charge in [0.25, 0.3) is 5.56 Å². The number of rotatable bonds is 7. The molecule has 0 bridgehead atoms. The molecular formula is C21H23N3O9. The van der Waals surface area contributed by atoms with Crippen molar-refractivity contribution < 1.29 is 33.3 Å². The molecule has 0 N–H and O–H groups in total. The summed E-state index contributed by atoms with van der Waals surface area (Å²) in [4.78, 5) is 60.2.